The van der Waals surface area contributed by atoms with Crippen LogP contribution in [0.3, 0.4) is 0 Å². The van der Waals surface area contributed by atoms with Crippen LogP contribution in [0.2, 0.25) is 0 Å². The predicted molar refractivity (Wildman–Crippen MR) is 81.7 cm³/mol. The highest BCUT2D eigenvalue weighted by atomic mass is 31.1. The average molecular weight is 360 g/mol. The fourth-order valence-corrected chi connectivity index (χ4v) is 2.95. The van der Waals surface area contributed by atoms with E-state index in [0.717, 1.165) is 4.57 Å². The first-order valence-corrected chi connectivity index (χ1v) is 8.18. The van der Waals surface area contributed by atoms with Crippen molar-refractivity contribution >= 4 is 8.25 Å². The van der Waals surface area contributed by atoms with Gasteiger partial charge < -0.3 is 24.0 Å². The molecule has 1 fully saturated rings. The lowest BCUT2D eigenvalue weighted by Gasteiger charge is -2.23. The predicted octanol–water partition coefficient (Wildman–Crippen LogP) is -1.48. The van der Waals surface area contributed by atoms with Crippen molar-refractivity contribution in [2.24, 2.45) is 0 Å². The Kier molecular flexibility index (Phi) is 6.12. The normalized spacial score (nSPS) is 27.8. The van der Waals surface area contributed by atoms with Crippen LogP contribution in [0.5, 0.6) is 0 Å². The van der Waals surface area contributed by atoms with Crippen molar-refractivity contribution < 1.29 is 28.6 Å². The van der Waals surface area contributed by atoms with Gasteiger partial charge in [-0.05, 0) is 6.92 Å². The van der Waals surface area contributed by atoms with Crippen LogP contribution in [0, 0.1) is 19.3 Å². The molecule has 2 heterocycles. The molecule has 0 saturated carbocycles. The molecule has 0 aliphatic carbocycles. The number of H-pyrrole nitrogens is 1. The maximum Gasteiger partial charge on any atom is 0.330 e. The van der Waals surface area contributed by atoms with Gasteiger partial charge in [0.2, 0.25) is 0 Å². The Hall–Kier alpha value is -1.73. The van der Waals surface area contributed by atoms with Crippen molar-refractivity contribution in [3.8, 4) is 12.3 Å². The largest absolute Gasteiger partial charge is 0.394 e. The second-order valence-electron chi connectivity index (χ2n) is 5.05. The van der Waals surface area contributed by atoms with Crippen molar-refractivity contribution in [3.63, 3.8) is 0 Å². The van der Waals surface area contributed by atoms with E-state index in [1.807, 2.05) is 0 Å². The summed E-state index contributed by atoms with van der Waals surface area (Å²) in [6, 6.07) is 0. The number of aliphatic hydroxyl groups is 1. The third-order valence-electron chi connectivity index (χ3n) is 3.48. The van der Waals surface area contributed by atoms with Crippen LogP contribution in [-0.4, -0.2) is 51.1 Å². The number of nitrogens with zero attached hydrogens (tertiary/aromatic N) is 1. The van der Waals surface area contributed by atoms with Gasteiger partial charge in [0.25, 0.3) is 5.56 Å². The van der Waals surface area contributed by atoms with Gasteiger partial charge in [0.15, 0.2) is 6.23 Å². The molecule has 0 bridgehead atoms. The molecule has 1 aliphatic heterocycles. The molecule has 3 N–H and O–H groups in total. The van der Waals surface area contributed by atoms with Crippen LogP contribution in [-0.2, 0) is 18.6 Å². The third kappa shape index (κ3) is 3.84. The lowest BCUT2D eigenvalue weighted by molar-refractivity contribution is -0.0677. The molecule has 132 valence electrons. The van der Waals surface area contributed by atoms with Crippen molar-refractivity contribution in [3.05, 3.63) is 32.6 Å². The summed E-state index contributed by atoms with van der Waals surface area (Å²) in [7, 11) is -3.36. The first-order chi connectivity index (χ1) is 11.4. The van der Waals surface area contributed by atoms with Gasteiger partial charge in [-0.2, -0.15) is 0 Å². The molecule has 24 heavy (non-hydrogen) atoms. The number of ether oxygens (including phenoxy) is 2. The van der Waals surface area contributed by atoms with Gasteiger partial charge in [-0.1, -0.05) is 5.92 Å². The quantitative estimate of drug-likeness (QED) is 0.412. The molecular weight excluding hydrogens is 343 g/mol. The molecule has 5 unspecified atom stereocenters. The maximum absolute atomic E-state index is 12.0. The van der Waals surface area contributed by atoms with E-state index in [9.17, 15) is 19.3 Å². The summed E-state index contributed by atoms with van der Waals surface area (Å²) >= 11 is 0. The number of aryl methyl sites for hydroxylation is 1. The number of rotatable bonds is 6. The highest BCUT2D eigenvalue weighted by molar-refractivity contribution is 7.32. The van der Waals surface area contributed by atoms with Crippen LogP contribution in [0.4, 0.5) is 0 Å². The van der Waals surface area contributed by atoms with Crippen LogP contribution in [0.25, 0.3) is 0 Å². The fraction of sp³-hybridized carbons (Fsp3) is 0.538. The van der Waals surface area contributed by atoms with E-state index in [4.69, 9.17) is 25.3 Å². The molecule has 1 saturated heterocycles. The minimum absolute atomic E-state index is 0.175. The minimum Gasteiger partial charge on any atom is -0.394 e. The lowest BCUT2D eigenvalue weighted by Crippen LogP contribution is -2.40. The highest BCUT2D eigenvalue weighted by Crippen LogP contribution is 2.36. The summed E-state index contributed by atoms with van der Waals surface area (Å²) in [5.41, 5.74) is -1.07. The number of hydrogen-bond acceptors (Lipinski definition) is 7. The van der Waals surface area contributed by atoms with Crippen molar-refractivity contribution in [2.45, 2.75) is 31.5 Å². The van der Waals surface area contributed by atoms with Gasteiger partial charge >= 0.3 is 13.9 Å². The Morgan fingerprint density at radius 1 is 1.50 bits per heavy atom. The Bertz CT molecular complexity index is 766. The van der Waals surface area contributed by atoms with E-state index >= 15 is 0 Å². The number of nitrogens with one attached hydrogen (secondary N) is 1. The Balaban J connectivity index is 2.45. The topological polar surface area (TPSA) is 140 Å². The van der Waals surface area contributed by atoms with E-state index in [1.165, 1.54) is 13.1 Å². The van der Waals surface area contributed by atoms with Gasteiger partial charge in [0.1, 0.15) is 24.9 Å². The van der Waals surface area contributed by atoms with E-state index < -0.39 is 50.7 Å². The van der Waals surface area contributed by atoms with Crippen LogP contribution >= 0.6 is 8.25 Å². The van der Waals surface area contributed by atoms with Gasteiger partial charge in [-0.25, -0.2) is 4.79 Å². The van der Waals surface area contributed by atoms with Gasteiger partial charge in [-0.15, -0.1) is 6.42 Å². The molecule has 1 aliphatic rings. The van der Waals surface area contributed by atoms with E-state index in [-0.39, 0.29) is 12.2 Å². The van der Waals surface area contributed by atoms with E-state index in [1.54, 1.807) is 0 Å². The van der Waals surface area contributed by atoms with Crippen LogP contribution in [0.15, 0.2) is 15.8 Å². The molecular formula is C13H17N2O8P. The highest BCUT2D eigenvalue weighted by Gasteiger charge is 2.48. The van der Waals surface area contributed by atoms with Crippen molar-refractivity contribution in [2.75, 3.05) is 13.2 Å². The monoisotopic (exact) mass is 360 g/mol. The molecule has 0 radical (unpaired) electrons. The summed E-state index contributed by atoms with van der Waals surface area (Å²) < 4.78 is 28.0. The molecule has 11 heteroatoms. The SMILES string of the molecule is C#CCOC1C(O[PH](=O)O)C(CO)OC1n1cc(C)c(=O)[nH]c1=O. The van der Waals surface area contributed by atoms with Crippen LogP contribution < -0.4 is 11.2 Å². The summed E-state index contributed by atoms with van der Waals surface area (Å²) in [6.45, 7) is 0.778. The zero-order valence-corrected chi connectivity index (χ0v) is 13.7. The van der Waals surface area contributed by atoms with E-state index in [2.05, 4.69) is 10.9 Å². The number of aromatic nitrogens is 2. The molecule has 1 aromatic rings. The van der Waals surface area contributed by atoms with E-state index in [0.29, 0.717) is 0 Å². The lowest BCUT2D eigenvalue weighted by atomic mass is 10.1. The van der Waals surface area contributed by atoms with Crippen LogP contribution in [0.1, 0.15) is 11.8 Å². The molecule has 5 atom stereocenters. The molecule has 0 aromatic carbocycles. The summed E-state index contributed by atoms with van der Waals surface area (Å²) in [6.07, 6.45) is 2.13. The first kappa shape index (κ1) is 18.6. The second kappa shape index (κ2) is 7.90. The van der Waals surface area contributed by atoms with Crippen molar-refractivity contribution in [1.29, 1.82) is 0 Å². The molecule has 2 rings (SSSR count). The van der Waals surface area contributed by atoms with Gasteiger partial charge in [0.05, 0.1) is 6.61 Å². The Labute approximate surface area is 136 Å². The smallest absolute Gasteiger partial charge is 0.330 e. The van der Waals surface area contributed by atoms with Gasteiger partial charge in [-0.3, -0.25) is 18.9 Å². The summed E-state index contributed by atoms with van der Waals surface area (Å²) in [4.78, 5) is 34.7. The average Bonchev–Trinajstić information content (AvgIpc) is 2.85. The number of terminal acetylenes is 1. The Morgan fingerprint density at radius 2 is 2.21 bits per heavy atom. The molecule has 1 aromatic heterocycles. The molecule has 10 nitrogen and oxygen atoms in total. The van der Waals surface area contributed by atoms with Gasteiger partial charge in [0, 0.05) is 11.8 Å². The van der Waals surface area contributed by atoms with Crippen molar-refractivity contribution in [1.82, 2.24) is 9.55 Å². The summed E-state index contributed by atoms with van der Waals surface area (Å²) in [5.74, 6) is 2.24. The fourth-order valence-electron chi connectivity index (χ4n) is 2.43. The minimum atomic E-state index is -3.36. The zero-order valence-electron chi connectivity index (χ0n) is 12.7. The number of aromatic amines is 1. The molecule has 0 amide bonds. The number of aliphatic hydroxyl groups excluding tert-OH is 1. The first-order valence-electron chi connectivity index (χ1n) is 6.92. The molecule has 0 spiro atoms. The zero-order chi connectivity index (χ0) is 17.9. The number of hydrogen-bond donors (Lipinski definition) is 3. The Morgan fingerprint density at radius 3 is 2.79 bits per heavy atom. The summed E-state index contributed by atoms with van der Waals surface area (Å²) in [5, 5.41) is 9.41. The standard InChI is InChI=1S/C13H17N2O8P/c1-3-4-21-10-9(23-24(19)20)8(6-16)22-12(10)15-5-7(2)11(17)14-13(15)18/h1,5,8-10,12,16,24H,4,6H2,2H3,(H,19,20)(H,14,17,18). The third-order valence-corrected chi connectivity index (χ3v) is 3.96. The maximum atomic E-state index is 12.0. The second-order valence-corrected chi connectivity index (χ2v) is 5.82.